The van der Waals surface area contributed by atoms with Crippen molar-refractivity contribution in [2.24, 2.45) is 0 Å². The molecule has 1 aromatic carbocycles. The van der Waals surface area contributed by atoms with E-state index in [1.807, 2.05) is 25.3 Å². The van der Waals surface area contributed by atoms with Gasteiger partial charge in [0, 0.05) is 39.3 Å². The molecule has 0 saturated carbocycles. The van der Waals surface area contributed by atoms with Crippen molar-refractivity contribution < 1.29 is 0 Å². The van der Waals surface area contributed by atoms with Crippen LogP contribution in [0.4, 0.5) is 5.13 Å². The highest BCUT2D eigenvalue weighted by molar-refractivity contribution is 7.16. The van der Waals surface area contributed by atoms with Gasteiger partial charge in [-0.25, -0.2) is 4.98 Å². The molecule has 2 aromatic heterocycles. The second-order valence-corrected chi connectivity index (χ2v) is 8.77. The zero-order valence-corrected chi connectivity index (χ0v) is 18.2. The number of aromatic nitrogens is 2. The van der Waals surface area contributed by atoms with Crippen LogP contribution in [0, 0.1) is 13.8 Å². The summed E-state index contributed by atoms with van der Waals surface area (Å²) in [7, 11) is 0. The predicted molar refractivity (Wildman–Crippen MR) is 117 cm³/mol. The van der Waals surface area contributed by atoms with Gasteiger partial charge >= 0.3 is 0 Å². The Morgan fingerprint density at radius 3 is 2.59 bits per heavy atom. The van der Waals surface area contributed by atoms with Gasteiger partial charge in [0.05, 0.1) is 10.7 Å². The van der Waals surface area contributed by atoms with E-state index in [4.69, 9.17) is 28.2 Å². The largest absolute Gasteiger partial charge is 0.358 e. The van der Waals surface area contributed by atoms with E-state index in [-0.39, 0.29) is 6.04 Å². The quantitative estimate of drug-likeness (QED) is 0.461. The van der Waals surface area contributed by atoms with E-state index in [9.17, 15) is 0 Å². The maximum Gasteiger partial charge on any atom is 0.183 e. The number of hydrogen-bond donors (Lipinski definition) is 1. The van der Waals surface area contributed by atoms with Crippen LogP contribution >= 0.6 is 34.5 Å². The molecule has 3 rings (SSSR count). The summed E-state index contributed by atoms with van der Waals surface area (Å²) >= 11 is 14.1. The van der Waals surface area contributed by atoms with Crippen LogP contribution in [0.5, 0.6) is 0 Å². The first-order valence-electron chi connectivity index (χ1n) is 9.01. The number of benzene rings is 1. The molecule has 0 saturated heterocycles. The van der Waals surface area contributed by atoms with Crippen molar-refractivity contribution in [2.45, 2.75) is 46.1 Å². The van der Waals surface area contributed by atoms with Crippen molar-refractivity contribution in [1.29, 1.82) is 0 Å². The second-order valence-electron chi connectivity index (χ2n) is 6.73. The lowest BCUT2D eigenvalue weighted by Crippen LogP contribution is -2.25. The molecule has 0 spiro atoms. The molecule has 142 valence electrons. The summed E-state index contributed by atoms with van der Waals surface area (Å²) < 4.78 is 0. The maximum atomic E-state index is 6.38. The van der Waals surface area contributed by atoms with Gasteiger partial charge in [-0.2, -0.15) is 0 Å². The van der Waals surface area contributed by atoms with E-state index in [1.54, 1.807) is 17.4 Å². The Kier molecular flexibility index (Phi) is 6.40. The topological polar surface area (TPSA) is 37.8 Å². The molecule has 0 aliphatic rings. The lowest BCUT2D eigenvalue weighted by molar-refractivity contribution is 0.585. The molecular formula is C21H23Cl2N3S. The number of rotatable bonds is 6. The fraction of sp³-hybridized carbons (Fsp3) is 0.333. The SMILES string of the molecule is CCC(Nc1nc(-c2ccc(Cl)cc2Cl)c(C)s1)C(C)c1ccnc(C)c1. The normalized spacial score (nSPS) is 13.4. The molecule has 3 nitrogen and oxygen atoms in total. The first-order valence-corrected chi connectivity index (χ1v) is 10.6. The minimum Gasteiger partial charge on any atom is -0.358 e. The zero-order chi connectivity index (χ0) is 19.6. The maximum absolute atomic E-state index is 6.38. The lowest BCUT2D eigenvalue weighted by Gasteiger charge is -2.24. The summed E-state index contributed by atoms with van der Waals surface area (Å²) in [5.74, 6) is 0.350. The molecule has 0 fully saturated rings. The summed E-state index contributed by atoms with van der Waals surface area (Å²) in [6.07, 6.45) is 2.88. The predicted octanol–water partition coefficient (Wildman–Crippen LogP) is 7.12. The third kappa shape index (κ3) is 4.63. The molecule has 6 heteroatoms. The van der Waals surface area contributed by atoms with Crippen LogP contribution in [-0.4, -0.2) is 16.0 Å². The fourth-order valence-electron chi connectivity index (χ4n) is 3.21. The van der Waals surface area contributed by atoms with Gasteiger partial charge < -0.3 is 5.32 Å². The van der Waals surface area contributed by atoms with Crippen molar-refractivity contribution in [3.63, 3.8) is 0 Å². The Labute approximate surface area is 174 Å². The highest BCUT2D eigenvalue weighted by Gasteiger charge is 2.20. The molecule has 1 N–H and O–H groups in total. The Morgan fingerprint density at radius 1 is 1.15 bits per heavy atom. The standard InChI is InChI=1S/C21H23Cl2N3S/c1-5-19(13(3)15-8-9-24-12(2)10-15)25-21-26-20(14(4)27-21)17-7-6-16(22)11-18(17)23/h6-11,13,19H,5H2,1-4H3,(H,25,26). The number of anilines is 1. The molecule has 27 heavy (non-hydrogen) atoms. The number of hydrogen-bond acceptors (Lipinski definition) is 4. The van der Waals surface area contributed by atoms with Gasteiger partial charge in [-0.1, -0.05) is 37.0 Å². The summed E-state index contributed by atoms with van der Waals surface area (Å²) in [6.45, 7) is 8.53. The lowest BCUT2D eigenvalue weighted by atomic mass is 9.92. The van der Waals surface area contributed by atoms with Gasteiger partial charge in [0.25, 0.3) is 0 Å². The van der Waals surface area contributed by atoms with Gasteiger partial charge in [-0.3, -0.25) is 4.98 Å². The Balaban J connectivity index is 1.84. The van der Waals surface area contributed by atoms with E-state index in [1.165, 1.54) is 5.56 Å². The number of aryl methyl sites for hydroxylation is 2. The molecule has 0 aliphatic carbocycles. The molecule has 0 radical (unpaired) electrons. The second kappa shape index (κ2) is 8.59. The van der Waals surface area contributed by atoms with E-state index >= 15 is 0 Å². The highest BCUT2D eigenvalue weighted by atomic mass is 35.5. The van der Waals surface area contributed by atoms with E-state index in [2.05, 4.69) is 43.2 Å². The van der Waals surface area contributed by atoms with Gasteiger partial charge in [0.1, 0.15) is 0 Å². The number of halogens is 2. The van der Waals surface area contributed by atoms with Gasteiger partial charge in [0.15, 0.2) is 5.13 Å². The third-order valence-electron chi connectivity index (χ3n) is 4.78. The molecule has 0 aliphatic heterocycles. The van der Waals surface area contributed by atoms with Crippen molar-refractivity contribution in [2.75, 3.05) is 5.32 Å². The van der Waals surface area contributed by atoms with Crippen LogP contribution in [0.2, 0.25) is 10.0 Å². The minimum absolute atomic E-state index is 0.283. The summed E-state index contributed by atoms with van der Waals surface area (Å²) in [5.41, 5.74) is 4.15. The fourth-order valence-corrected chi connectivity index (χ4v) is 4.60. The van der Waals surface area contributed by atoms with Crippen LogP contribution in [0.1, 0.15) is 42.3 Å². The highest BCUT2D eigenvalue weighted by Crippen LogP contribution is 2.36. The average Bonchev–Trinajstić information content (AvgIpc) is 2.99. The van der Waals surface area contributed by atoms with Crippen molar-refractivity contribution >= 4 is 39.7 Å². The first kappa shape index (κ1) is 20.1. The summed E-state index contributed by atoms with van der Waals surface area (Å²) in [6, 6.07) is 10.1. The summed E-state index contributed by atoms with van der Waals surface area (Å²) in [5, 5.41) is 5.79. The van der Waals surface area contributed by atoms with E-state index in [0.29, 0.717) is 16.0 Å². The Bertz CT molecular complexity index is 939. The molecule has 2 heterocycles. The number of nitrogens with one attached hydrogen (secondary N) is 1. The minimum atomic E-state index is 0.283. The number of thiazole rings is 1. The smallest absolute Gasteiger partial charge is 0.183 e. The van der Waals surface area contributed by atoms with Crippen LogP contribution in [0.25, 0.3) is 11.3 Å². The average molecular weight is 420 g/mol. The van der Waals surface area contributed by atoms with Crippen LogP contribution < -0.4 is 5.32 Å². The molecule has 2 atom stereocenters. The van der Waals surface area contributed by atoms with Gasteiger partial charge in [-0.05, 0) is 56.2 Å². The monoisotopic (exact) mass is 419 g/mol. The van der Waals surface area contributed by atoms with E-state index < -0.39 is 0 Å². The molecular weight excluding hydrogens is 397 g/mol. The zero-order valence-electron chi connectivity index (χ0n) is 15.9. The number of pyridine rings is 1. The van der Waals surface area contributed by atoms with Crippen LogP contribution in [0.3, 0.4) is 0 Å². The number of nitrogens with zero attached hydrogens (tertiary/aromatic N) is 2. The van der Waals surface area contributed by atoms with E-state index in [0.717, 1.165) is 33.4 Å². The Morgan fingerprint density at radius 2 is 1.93 bits per heavy atom. The molecule has 0 bridgehead atoms. The van der Waals surface area contributed by atoms with Crippen molar-refractivity contribution in [3.05, 3.63) is 62.7 Å². The Hall–Kier alpha value is -1.62. The molecule has 2 unspecified atom stereocenters. The summed E-state index contributed by atoms with van der Waals surface area (Å²) in [4.78, 5) is 10.2. The molecule has 3 aromatic rings. The van der Waals surface area contributed by atoms with Gasteiger partial charge in [0.2, 0.25) is 0 Å². The van der Waals surface area contributed by atoms with Crippen LogP contribution in [0.15, 0.2) is 36.5 Å². The van der Waals surface area contributed by atoms with Crippen molar-refractivity contribution in [3.8, 4) is 11.3 Å². The van der Waals surface area contributed by atoms with Crippen molar-refractivity contribution in [1.82, 2.24) is 9.97 Å². The third-order valence-corrected chi connectivity index (χ3v) is 6.23. The van der Waals surface area contributed by atoms with Gasteiger partial charge in [-0.15, -0.1) is 11.3 Å². The first-order chi connectivity index (χ1) is 12.9. The molecule has 0 amide bonds. The van der Waals surface area contributed by atoms with Crippen LogP contribution in [-0.2, 0) is 0 Å².